The van der Waals surface area contributed by atoms with Crippen LogP contribution in [0.15, 0.2) is 54.6 Å². The summed E-state index contributed by atoms with van der Waals surface area (Å²) < 4.78 is 23.4. The lowest BCUT2D eigenvalue weighted by molar-refractivity contribution is 0.266. The van der Waals surface area contributed by atoms with E-state index in [1.54, 1.807) is 21.3 Å². The number of rotatable bonds is 10. The van der Waals surface area contributed by atoms with Crippen LogP contribution in [-0.4, -0.2) is 46.9 Å². The Morgan fingerprint density at radius 2 is 1.63 bits per heavy atom. The van der Waals surface area contributed by atoms with Gasteiger partial charge in [0, 0.05) is 18.2 Å². The van der Waals surface area contributed by atoms with Gasteiger partial charge in [0.2, 0.25) is 5.75 Å². The molecule has 1 atom stereocenters. The van der Waals surface area contributed by atoms with Crippen LogP contribution >= 0.6 is 0 Å². The lowest BCUT2D eigenvalue weighted by atomic mass is 9.88. The quantitative estimate of drug-likeness (QED) is 0.454. The van der Waals surface area contributed by atoms with Gasteiger partial charge in [0.25, 0.3) is 0 Å². The molecule has 35 heavy (non-hydrogen) atoms. The molecule has 6 heteroatoms. The maximum Gasteiger partial charge on any atom is 0.203 e. The minimum absolute atomic E-state index is 0.0991. The van der Waals surface area contributed by atoms with Gasteiger partial charge in [-0.15, -0.1) is 0 Å². The summed E-state index contributed by atoms with van der Waals surface area (Å²) in [7, 11) is 9.19. The molecule has 0 saturated heterocycles. The van der Waals surface area contributed by atoms with Crippen molar-refractivity contribution in [1.82, 2.24) is 10.2 Å². The van der Waals surface area contributed by atoms with Crippen LogP contribution in [0.4, 0.5) is 0 Å². The van der Waals surface area contributed by atoms with Crippen LogP contribution in [0.25, 0.3) is 0 Å². The first-order valence-electron chi connectivity index (χ1n) is 12.0. The first kappa shape index (κ1) is 24.9. The molecular formula is C29H36N2O4. The van der Waals surface area contributed by atoms with Crippen LogP contribution in [0, 0.1) is 0 Å². The van der Waals surface area contributed by atoms with E-state index in [-0.39, 0.29) is 6.04 Å². The minimum Gasteiger partial charge on any atom is -0.497 e. The summed E-state index contributed by atoms with van der Waals surface area (Å²) in [5.41, 5.74) is 5.99. The lowest BCUT2D eigenvalue weighted by Crippen LogP contribution is -2.32. The zero-order valence-corrected chi connectivity index (χ0v) is 21.4. The minimum atomic E-state index is 0.0991. The molecule has 0 bridgehead atoms. The molecular weight excluding hydrogens is 440 g/mol. The number of hydrogen-bond donors (Lipinski definition) is 1. The third-order valence-corrected chi connectivity index (χ3v) is 6.36. The molecule has 0 radical (unpaired) electrons. The maximum atomic E-state index is 6.54. The monoisotopic (exact) mass is 476 g/mol. The van der Waals surface area contributed by atoms with E-state index >= 15 is 0 Å². The van der Waals surface area contributed by atoms with Gasteiger partial charge < -0.3 is 29.2 Å². The number of fused-ring (bicyclic) bond motifs is 1. The van der Waals surface area contributed by atoms with E-state index in [2.05, 4.69) is 66.8 Å². The number of benzene rings is 3. The maximum absolute atomic E-state index is 6.54. The highest BCUT2D eigenvalue weighted by molar-refractivity contribution is 5.61. The number of methoxy groups -OCH3 is 3. The summed E-state index contributed by atoms with van der Waals surface area (Å²) in [6.07, 6.45) is 1.74. The molecule has 6 nitrogen and oxygen atoms in total. The Bertz CT molecular complexity index is 1130. The van der Waals surface area contributed by atoms with Crippen molar-refractivity contribution in [1.29, 1.82) is 0 Å². The van der Waals surface area contributed by atoms with Crippen LogP contribution in [0.1, 0.15) is 33.9 Å². The highest BCUT2D eigenvalue weighted by Crippen LogP contribution is 2.46. The smallest absolute Gasteiger partial charge is 0.203 e. The van der Waals surface area contributed by atoms with Gasteiger partial charge in [-0.2, -0.15) is 0 Å². The SMILES string of the molecule is COc1ccc(CC2NCCc3cc(OC)c(OC)c(OCc4cccc(CN(C)C)c4)c32)cc1. The van der Waals surface area contributed by atoms with E-state index in [4.69, 9.17) is 18.9 Å². The molecule has 0 spiro atoms. The largest absolute Gasteiger partial charge is 0.497 e. The standard InChI is InChI=1S/C29H36N2O4/c1-31(2)18-21-7-6-8-22(15-21)19-35-29-27-23(17-26(33-4)28(29)34-5)13-14-30-25(27)16-20-9-11-24(32-3)12-10-20/h6-12,15,17,25,30H,13-14,16,18-19H2,1-5H3. The average molecular weight is 477 g/mol. The van der Waals surface area contributed by atoms with E-state index < -0.39 is 0 Å². The Balaban J connectivity index is 1.67. The van der Waals surface area contributed by atoms with Gasteiger partial charge in [-0.05, 0) is 73.9 Å². The first-order chi connectivity index (χ1) is 17.0. The highest BCUT2D eigenvalue weighted by atomic mass is 16.5. The Hall–Kier alpha value is -3.22. The Labute approximate surface area is 208 Å². The molecule has 1 aliphatic heterocycles. The second-order valence-electron chi connectivity index (χ2n) is 9.17. The average Bonchev–Trinajstić information content (AvgIpc) is 2.87. The van der Waals surface area contributed by atoms with Gasteiger partial charge in [0.1, 0.15) is 12.4 Å². The van der Waals surface area contributed by atoms with Crippen molar-refractivity contribution >= 4 is 0 Å². The van der Waals surface area contributed by atoms with Crippen LogP contribution in [0.2, 0.25) is 0 Å². The van der Waals surface area contributed by atoms with Crippen molar-refractivity contribution in [3.63, 3.8) is 0 Å². The van der Waals surface area contributed by atoms with E-state index in [0.29, 0.717) is 18.1 Å². The predicted molar refractivity (Wildman–Crippen MR) is 139 cm³/mol. The zero-order chi connectivity index (χ0) is 24.8. The zero-order valence-electron chi connectivity index (χ0n) is 21.4. The van der Waals surface area contributed by atoms with Crippen LogP contribution in [-0.2, 0) is 26.0 Å². The molecule has 4 rings (SSSR count). The number of nitrogens with one attached hydrogen (secondary N) is 1. The Kier molecular flexibility index (Phi) is 8.16. The topological polar surface area (TPSA) is 52.2 Å². The lowest BCUT2D eigenvalue weighted by Gasteiger charge is -2.31. The van der Waals surface area contributed by atoms with Gasteiger partial charge in [0.05, 0.1) is 21.3 Å². The molecule has 1 aliphatic rings. The number of nitrogens with zero attached hydrogens (tertiary/aromatic N) is 1. The third kappa shape index (κ3) is 5.89. The molecule has 1 unspecified atom stereocenters. The molecule has 0 amide bonds. The Morgan fingerprint density at radius 1 is 0.857 bits per heavy atom. The van der Waals surface area contributed by atoms with Crippen LogP contribution < -0.4 is 24.3 Å². The van der Waals surface area contributed by atoms with Crippen molar-refractivity contribution in [3.8, 4) is 23.0 Å². The second-order valence-corrected chi connectivity index (χ2v) is 9.17. The fourth-order valence-corrected chi connectivity index (χ4v) is 4.75. The predicted octanol–water partition coefficient (Wildman–Crippen LogP) is 4.78. The second kappa shape index (κ2) is 11.5. The first-order valence-corrected chi connectivity index (χ1v) is 12.0. The van der Waals surface area contributed by atoms with Gasteiger partial charge in [-0.3, -0.25) is 0 Å². The summed E-state index contributed by atoms with van der Waals surface area (Å²) in [6.45, 7) is 2.24. The number of hydrogen-bond acceptors (Lipinski definition) is 6. The fourth-order valence-electron chi connectivity index (χ4n) is 4.75. The molecule has 0 fully saturated rings. The third-order valence-electron chi connectivity index (χ3n) is 6.36. The van der Waals surface area contributed by atoms with Crippen molar-refractivity contribution in [2.45, 2.75) is 32.0 Å². The molecule has 0 aliphatic carbocycles. The van der Waals surface area contributed by atoms with Crippen LogP contribution in [0.3, 0.4) is 0 Å². The molecule has 186 valence electrons. The summed E-state index contributed by atoms with van der Waals surface area (Å²) in [4.78, 5) is 2.16. The van der Waals surface area contributed by atoms with Gasteiger partial charge in [-0.25, -0.2) is 0 Å². The molecule has 3 aromatic rings. The summed E-state index contributed by atoms with van der Waals surface area (Å²) in [5.74, 6) is 2.95. The van der Waals surface area contributed by atoms with Crippen molar-refractivity contribution in [2.24, 2.45) is 0 Å². The fraction of sp³-hybridized carbons (Fsp3) is 0.379. The van der Waals surface area contributed by atoms with Gasteiger partial charge >= 0.3 is 0 Å². The summed E-state index contributed by atoms with van der Waals surface area (Å²) >= 11 is 0. The summed E-state index contributed by atoms with van der Waals surface area (Å²) in [5, 5.41) is 3.70. The summed E-state index contributed by atoms with van der Waals surface area (Å²) in [6, 6.07) is 19.0. The molecule has 0 aromatic heterocycles. The van der Waals surface area contributed by atoms with E-state index in [1.807, 2.05) is 12.1 Å². The van der Waals surface area contributed by atoms with Crippen molar-refractivity contribution in [2.75, 3.05) is 42.0 Å². The van der Waals surface area contributed by atoms with Crippen molar-refractivity contribution in [3.05, 3.63) is 82.4 Å². The molecule has 3 aromatic carbocycles. The highest BCUT2D eigenvalue weighted by Gasteiger charge is 2.29. The van der Waals surface area contributed by atoms with Crippen LogP contribution in [0.5, 0.6) is 23.0 Å². The molecule has 1 heterocycles. The molecule has 0 saturated carbocycles. The number of ether oxygens (including phenoxy) is 4. The van der Waals surface area contributed by atoms with Gasteiger partial charge in [-0.1, -0.05) is 36.4 Å². The Morgan fingerprint density at radius 3 is 2.31 bits per heavy atom. The van der Waals surface area contributed by atoms with Gasteiger partial charge in [0.15, 0.2) is 11.5 Å². The molecule has 1 N–H and O–H groups in total. The van der Waals surface area contributed by atoms with E-state index in [0.717, 1.165) is 48.6 Å². The van der Waals surface area contributed by atoms with Crippen molar-refractivity contribution < 1.29 is 18.9 Å². The normalized spacial score (nSPS) is 15.0. The van der Waals surface area contributed by atoms with E-state index in [1.165, 1.54) is 16.7 Å². The van der Waals surface area contributed by atoms with E-state index in [9.17, 15) is 0 Å².